The Bertz CT molecular complexity index is 2390. The third kappa shape index (κ3) is 10.2. The number of nitrogens with zero attached hydrogens (tertiary/aromatic N) is 5. The summed E-state index contributed by atoms with van der Waals surface area (Å²) in [5.74, 6) is -1.75. The maximum absolute atomic E-state index is 14.9. The zero-order valence-electron chi connectivity index (χ0n) is 37.5. The largest absolute Gasteiger partial charge is 0.497 e. The van der Waals surface area contributed by atoms with E-state index in [9.17, 15) is 32.7 Å². The topological polar surface area (TPSA) is 222 Å². The van der Waals surface area contributed by atoms with Gasteiger partial charge in [0, 0.05) is 66.8 Å². The van der Waals surface area contributed by atoms with Gasteiger partial charge in [0.05, 0.1) is 31.4 Å². The van der Waals surface area contributed by atoms with E-state index in [2.05, 4.69) is 16.0 Å². The number of carbonyl (C=O) groups excluding carboxylic acids is 3. The van der Waals surface area contributed by atoms with Gasteiger partial charge in [-0.3, -0.25) is 9.59 Å². The van der Waals surface area contributed by atoms with Crippen molar-refractivity contribution in [3.05, 3.63) is 41.8 Å². The Morgan fingerprint density at radius 1 is 1.09 bits per heavy atom. The molecule has 64 heavy (non-hydrogen) atoms. The van der Waals surface area contributed by atoms with Crippen molar-refractivity contribution in [2.75, 3.05) is 45.7 Å². The molecule has 1 unspecified atom stereocenters. The van der Waals surface area contributed by atoms with Crippen molar-refractivity contribution in [3.63, 3.8) is 0 Å². The second kappa shape index (κ2) is 18.8. The van der Waals surface area contributed by atoms with Crippen molar-refractivity contribution >= 4 is 61.5 Å². The van der Waals surface area contributed by atoms with Gasteiger partial charge in [-0.05, 0) is 51.7 Å². The molecule has 4 aliphatic rings. The Labute approximate surface area is 378 Å². The maximum Gasteiger partial charge on any atom is 0.408 e. The lowest BCUT2D eigenvalue weighted by molar-refractivity contribution is -0.145. The highest BCUT2D eigenvalue weighted by molar-refractivity contribution is 7.87. The number of pyridine rings is 1. The number of alkyl carbamates (subject to hydrolysis) is 1. The number of thiazole rings is 1. The molecule has 5 heterocycles. The van der Waals surface area contributed by atoms with Gasteiger partial charge in [-0.2, -0.15) is 17.0 Å². The molecular weight excluding hydrogens is 865 g/mol. The predicted molar refractivity (Wildman–Crippen MR) is 241 cm³/mol. The summed E-state index contributed by atoms with van der Waals surface area (Å²) in [7, 11) is -0.666. The Kier molecular flexibility index (Phi) is 13.8. The lowest BCUT2D eigenvalue weighted by Crippen LogP contribution is -2.56. The van der Waals surface area contributed by atoms with E-state index in [0.29, 0.717) is 59.6 Å². The first-order valence-electron chi connectivity index (χ1n) is 21.9. The first kappa shape index (κ1) is 46.9. The lowest BCUT2D eigenvalue weighted by atomic mass is 9.89. The van der Waals surface area contributed by atoms with E-state index in [1.54, 1.807) is 25.3 Å². The van der Waals surface area contributed by atoms with Crippen LogP contribution in [0.15, 0.2) is 41.8 Å². The average molecular weight is 925 g/mol. The monoisotopic (exact) mass is 924 g/mol. The summed E-state index contributed by atoms with van der Waals surface area (Å²) in [6.07, 6.45) is 4.43. The second-order valence-electron chi connectivity index (χ2n) is 18.5. The minimum absolute atomic E-state index is 0.0181. The third-order valence-corrected chi connectivity index (χ3v) is 15.1. The van der Waals surface area contributed by atoms with Crippen LogP contribution in [0.25, 0.3) is 22.3 Å². The number of methoxy groups -OCH3 is 1. The number of ether oxygens (including phenoxy) is 3. The highest BCUT2D eigenvalue weighted by Gasteiger charge is 2.61. The van der Waals surface area contributed by atoms with Crippen LogP contribution in [0.4, 0.5) is 9.93 Å². The number of amides is 3. The van der Waals surface area contributed by atoms with Crippen LogP contribution in [-0.2, 0) is 29.3 Å². The summed E-state index contributed by atoms with van der Waals surface area (Å²) in [5, 5.41) is 22.5. The zero-order valence-corrected chi connectivity index (χ0v) is 39.1. The Balaban J connectivity index is 1.19. The maximum atomic E-state index is 14.9. The number of anilines is 1. The molecule has 2 aromatic heterocycles. The normalized spacial score (nSPS) is 26.5. The third-order valence-electron chi connectivity index (χ3n) is 12.3. The van der Waals surface area contributed by atoms with Crippen molar-refractivity contribution < 1.29 is 46.9 Å². The number of carboxylic acids is 1. The van der Waals surface area contributed by atoms with Crippen LogP contribution < -0.4 is 25.4 Å². The molecule has 3 aliphatic heterocycles. The van der Waals surface area contributed by atoms with Crippen molar-refractivity contribution in [1.29, 1.82) is 0 Å². The van der Waals surface area contributed by atoms with Crippen LogP contribution in [0.1, 0.15) is 79.6 Å². The van der Waals surface area contributed by atoms with E-state index >= 15 is 0 Å². The molecule has 1 aliphatic carbocycles. The van der Waals surface area contributed by atoms with Gasteiger partial charge in [-0.1, -0.05) is 45.8 Å². The molecule has 348 valence electrons. The molecule has 0 radical (unpaired) electrons. The van der Waals surface area contributed by atoms with E-state index in [-0.39, 0.29) is 44.9 Å². The fourth-order valence-electron chi connectivity index (χ4n) is 8.41. The van der Waals surface area contributed by atoms with Crippen molar-refractivity contribution in [3.8, 4) is 22.9 Å². The number of carbonyl (C=O) groups is 4. The molecule has 1 aromatic carbocycles. The summed E-state index contributed by atoms with van der Waals surface area (Å²) in [5.41, 5.74) is -0.471. The molecule has 20 heteroatoms. The van der Waals surface area contributed by atoms with Crippen molar-refractivity contribution in [2.45, 2.75) is 115 Å². The number of nitrogens with one attached hydrogen (secondary N) is 3. The van der Waals surface area contributed by atoms with Gasteiger partial charge >= 0.3 is 12.1 Å². The van der Waals surface area contributed by atoms with E-state index in [1.807, 2.05) is 58.2 Å². The van der Waals surface area contributed by atoms with Gasteiger partial charge in [0.25, 0.3) is 10.2 Å². The molecule has 18 nitrogen and oxygen atoms in total. The highest BCUT2D eigenvalue weighted by atomic mass is 32.2. The molecule has 3 aromatic rings. The SMILES string of the molecule is COc1ccc2c(O[C@@H]3C[C@H]4C(=O)N[C@]5(C(=O)O)CC5/C=C\CCCCC[C@H](NC(=O)O[C@H](CN5CCN(C)S5(=O)=O)C(C)(C)C)C(=O)N4C3)cc(-c3csc(NC(C)C)n3)nc2c1. The van der Waals surface area contributed by atoms with Gasteiger partial charge in [0.2, 0.25) is 11.8 Å². The number of likely N-dealkylation sites (N-methyl/N-ethyl adjacent to an activating group) is 1. The number of aliphatic carboxylic acids is 1. The van der Waals surface area contributed by atoms with Crippen LogP contribution in [0.2, 0.25) is 0 Å². The minimum Gasteiger partial charge on any atom is -0.497 e. The van der Waals surface area contributed by atoms with E-state index in [0.717, 1.165) is 11.6 Å². The number of rotatable bonds is 11. The van der Waals surface area contributed by atoms with Gasteiger partial charge in [-0.25, -0.2) is 19.6 Å². The standard InChI is InChI=1S/C44H60N8O10S2/c1-26(2)45-41-47-34(25-63-41)33-21-36(30-16-15-28(60-7)19-32(30)46-33)61-29-20-35-38(53)49-44(40(55)56)22-27(44)13-11-9-8-10-12-14-31(39(54)52(35)23-29)48-42(57)62-37(43(3,4)5)24-51-18-17-50(6)64(51,58)59/h11,13,15-16,19,21,25-27,29,31,35,37H,8-10,12,14,17-18,20,22-24H2,1-7H3,(H,45,47)(H,48,57)(H,49,53)(H,55,56)/b13-11-/t27?,29-,31+,35+,37-,44-/m1/s1. The van der Waals surface area contributed by atoms with Crippen LogP contribution in [-0.4, -0.2) is 137 Å². The van der Waals surface area contributed by atoms with Crippen LogP contribution in [0.3, 0.4) is 0 Å². The lowest BCUT2D eigenvalue weighted by Gasteiger charge is -2.34. The second-order valence-corrected chi connectivity index (χ2v) is 21.4. The number of allylic oxidation sites excluding steroid dienone is 1. The van der Waals surface area contributed by atoms with Crippen LogP contribution in [0, 0.1) is 11.3 Å². The molecule has 7 rings (SSSR count). The zero-order chi connectivity index (χ0) is 46.1. The van der Waals surface area contributed by atoms with E-state index < -0.39 is 75.2 Å². The molecule has 0 spiro atoms. The molecular formula is C44H60N8O10S2. The average Bonchev–Trinajstić information content (AvgIpc) is 3.46. The highest BCUT2D eigenvalue weighted by Crippen LogP contribution is 2.46. The van der Waals surface area contributed by atoms with Crippen molar-refractivity contribution in [1.82, 2.24) is 34.1 Å². The molecule has 4 N–H and O–H groups in total. The molecule has 3 fully saturated rings. The molecule has 6 atom stereocenters. The summed E-state index contributed by atoms with van der Waals surface area (Å²) in [6, 6.07) is 5.05. The minimum atomic E-state index is -3.72. The molecule has 1 saturated carbocycles. The fraction of sp³-hybridized carbons (Fsp3) is 0.591. The van der Waals surface area contributed by atoms with Crippen molar-refractivity contribution in [2.24, 2.45) is 11.3 Å². The summed E-state index contributed by atoms with van der Waals surface area (Å²) in [6.45, 7) is 9.97. The summed E-state index contributed by atoms with van der Waals surface area (Å²) >= 11 is 1.44. The first-order valence-corrected chi connectivity index (χ1v) is 24.2. The Hall–Kier alpha value is -5.05. The molecule has 2 saturated heterocycles. The van der Waals surface area contributed by atoms with Gasteiger partial charge in [0.15, 0.2) is 5.13 Å². The Morgan fingerprint density at radius 3 is 2.56 bits per heavy atom. The Morgan fingerprint density at radius 2 is 1.88 bits per heavy atom. The quantitative estimate of drug-likeness (QED) is 0.186. The number of hydrogen-bond acceptors (Lipinski definition) is 13. The smallest absolute Gasteiger partial charge is 0.408 e. The van der Waals surface area contributed by atoms with Gasteiger partial charge < -0.3 is 40.2 Å². The summed E-state index contributed by atoms with van der Waals surface area (Å²) < 4.78 is 46.7. The number of aromatic nitrogens is 2. The number of hydrogen-bond donors (Lipinski definition) is 4. The van der Waals surface area contributed by atoms with E-state index in [1.165, 1.54) is 31.9 Å². The number of carboxylic acid groups (broad SMARTS) is 1. The predicted octanol–water partition coefficient (Wildman–Crippen LogP) is 5.02. The van der Waals surface area contributed by atoms with Crippen LogP contribution >= 0.6 is 11.3 Å². The van der Waals surface area contributed by atoms with Crippen LogP contribution in [0.5, 0.6) is 11.5 Å². The molecule has 0 bridgehead atoms. The van der Waals surface area contributed by atoms with Gasteiger partial charge in [-0.15, -0.1) is 11.3 Å². The molecule has 3 amide bonds. The first-order chi connectivity index (χ1) is 30.3. The van der Waals surface area contributed by atoms with Gasteiger partial charge in [0.1, 0.15) is 47.0 Å². The number of fused-ring (bicyclic) bond motifs is 3. The number of benzene rings is 1. The van der Waals surface area contributed by atoms with E-state index in [4.69, 9.17) is 24.2 Å². The fourth-order valence-corrected chi connectivity index (χ4v) is 10.6. The summed E-state index contributed by atoms with van der Waals surface area (Å²) in [4.78, 5) is 66.9.